The number of hydrogen-bond donors (Lipinski definition) is 1. The summed E-state index contributed by atoms with van der Waals surface area (Å²) < 4.78 is 5.07. The van der Waals surface area contributed by atoms with Crippen LogP contribution in [0.15, 0.2) is 17.5 Å². The van der Waals surface area contributed by atoms with Gasteiger partial charge in [0.2, 0.25) is 0 Å². The van der Waals surface area contributed by atoms with Gasteiger partial charge in [0.15, 0.2) is 0 Å². The molecule has 4 heteroatoms. The second-order valence-corrected chi connectivity index (χ2v) is 4.43. The first-order valence-corrected chi connectivity index (χ1v) is 5.64. The maximum atomic E-state index is 11.2. The smallest absolute Gasteiger partial charge is 0.320 e. The maximum absolute atomic E-state index is 11.2. The molecule has 1 aromatic rings. The van der Waals surface area contributed by atoms with Crippen molar-refractivity contribution in [1.29, 1.82) is 0 Å². The van der Waals surface area contributed by atoms with E-state index < -0.39 is 0 Å². The summed E-state index contributed by atoms with van der Waals surface area (Å²) in [6, 6.07) is 4.48. The zero-order valence-electron chi connectivity index (χ0n) is 7.86. The SMILES string of the molecule is O=C(CNC1CC1)OCc1cccs1. The van der Waals surface area contributed by atoms with Gasteiger partial charge in [-0.05, 0) is 24.3 Å². The molecule has 0 spiro atoms. The van der Waals surface area contributed by atoms with E-state index in [4.69, 9.17) is 4.74 Å². The molecule has 3 nitrogen and oxygen atoms in total. The van der Waals surface area contributed by atoms with Gasteiger partial charge in [0.1, 0.15) is 6.61 Å². The van der Waals surface area contributed by atoms with Crippen LogP contribution in [0.2, 0.25) is 0 Å². The van der Waals surface area contributed by atoms with Crippen molar-refractivity contribution in [3.05, 3.63) is 22.4 Å². The second kappa shape index (κ2) is 4.57. The van der Waals surface area contributed by atoms with Gasteiger partial charge in [0.05, 0.1) is 6.54 Å². The van der Waals surface area contributed by atoms with Crippen LogP contribution in [0.1, 0.15) is 17.7 Å². The Morgan fingerprint density at radius 2 is 2.50 bits per heavy atom. The van der Waals surface area contributed by atoms with Crippen LogP contribution in [-0.2, 0) is 16.1 Å². The third kappa shape index (κ3) is 3.12. The number of rotatable bonds is 5. The van der Waals surface area contributed by atoms with Gasteiger partial charge in [-0.1, -0.05) is 6.07 Å². The van der Waals surface area contributed by atoms with E-state index in [0.717, 1.165) is 4.88 Å². The van der Waals surface area contributed by atoms with Gasteiger partial charge in [-0.15, -0.1) is 11.3 Å². The van der Waals surface area contributed by atoms with E-state index in [1.54, 1.807) is 11.3 Å². The molecular formula is C10H13NO2S. The average Bonchev–Trinajstić information content (AvgIpc) is 2.87. The highest BCUT2D eigenvalue weighted by molar-refractivity contribution is 7.09. The monoisotopic (exact) mass is 211 g/mol. The topological polar surface area (TPSA) is 38.3 Å². The molecule has 0 radical (unpaired) electrons. The molecule has 0 unspecified atom stereocenters. The third-order valence-corrected chi connectivity index (χ3v) is 2.92. The van der Waals surface area contributed by atoms with Crippen molar-refractivity contribution in [2.45, 2.75) is 25.5 Å². The standard InChI is InChI=1S/C10H13NO2S/c12-10(6-11-8-3-4-8)13-7-9-2-1-5-14-9/h1-2,5,8,11H,3-4,6-7H2. The van der Waals surface area contributed by atoms with Crippen molar-refractivity contribution in [1.82, 2.24) is 5.32 Å². The van der Waals surface area contributed by atoms with Crippen LogP contribution < -0.4 is 5.32 Å². The third-order valence-electron chi connectivity index (χ3n) is 2.07. The van der Waals surface area contributed by atoms with Crippen molar-refractivity contribution < 1.29 is 9.53 Å². The van der Waals surface area contributed by atoms with Gasteiger partial charge in [0.25, 0.3) is 0 Å². The number of ether oxygens (including phenoxy) is 1. The molecule has 0 aromatic carbocycles. The quantitative estimate of drug-likeness (QED) is 0.751. The van der Waals surface area contributed by atoms with Crippen molar-refractivity contribution in [2.24, 2.45) is 0 Å². The summed E-state index contributed by atoms with van der Waals surface area (Å²) in [6.07, 6.45) is 2.39. The number of thiophene rings is 1. The predicted octanol–water partition coefficient (Wildman–Crippen LogP) is 1.54. The lowest BCUT2D eigenvalue weighted by Gasteiger charge is -2.03. The maximum Gasteiger partial charge on any atom is 0.320 e. The summed E-state index contributed by atoms with van der Waals surface area (Å²) in [4.78, 5) is 12.3. The molecule has 0 atom stereocenters. The average molecular weight is 211 g/mol. The van der Waals surface area contributed by atoms with Crippen LogP contribution in [-0.4, -0.2) is 18.6 Å². The Bertz CT molecular complexity index is 293. The van der Waals surface area contributed by atoms with E-state index in [2.05, 4.69) is 5.32 Å². The van der Waals surface area contributed by atoms with Crippen LogP contribution in [0.25, 0.3) is 0 Å². The first-order valence-electron chi connectivity index (χ1n) is 4.76. The van der Waals surface area contributed by atoms with Gasteiger partial charge in [-0.25, -0.2) is 0 Å². The first kappa shape index (κ1) is 9.68. The molecule has 0 bridgehead atoms. The minimum absolute atomic E-state index is 0.162. The Morgan fingerprint density at radius 1 is 1.64 bits per heavy atom. The fourth-order valence-electron chi connectivity index (χ4n) is 1.11. The number of carbonyl (C=O) groups is 1. The summed E-state index contributed by atoms with van der Waals surface area (Å²) >= 11 is 1.60. The van der Waals surface area contributed by atoms with Crippen LogP contribution in [0, 0.1) is 0 Å². The minimum atomic E-state index is -0.162. The fourth-order valence-corrected chi connectivity index (χ4v) is 1.73. The second-order valence-electron chi connectivity index (χ2n) is 3.40. The molecule has 1 N–H and O–H groups in total. The lowest BCUT2D eigenvalue weighted by Crippen LogP contribution is -2.26. The Balaban J connectivity index is 1.62. The number of esters is 1. The molecule has 14 heavy (non-hydrogen) atoms. The van der Waals surface area contributed by atoms with E-state index in [0.29, 0.717) is 19.2 Å². The summed E-state index contributed by atoms with van der Waals surface area (Å²) in [6.45, 7) is 0.749. The van der Waals surface area contributed by atoms with Crippen LogP contribution in [0.5, 0.6) is 0 Å². The molecular weight excluding hydrogens is 198 g/mol. The molecule has 1 aliphatic rings. The van der Waals surface area contributed by atoms with Gasteiger partial charge >= 0.3 is 5.97 Å². The minimum Gasteiger partial charge on any atom is -0.459 e. The fraction of sp³-hybridized carbons (Fsp3) is 0.500. The highest BCUT2D eigenvalue weighted by Gasteiger charge is 2.21. The summed E-state index contributed by atoms with van der Waals surface area (Å²) in [5.41, 5.74) is 0. The zero-order valence-corrected chi connectivity index (χ0v) is 8.68. The van der Waals surface area contributed by atoms with E-state index in [1.165, 1.54) is 12.8 Å². The van der Waals surface area contributed by atoms with Crippen LogP contribution >= 0.6 is 11.3 Å². The first-order chi connectivity index (χ1) is 6.84. The summed E-state index contributed by atoms with van der Waals surface area (Å²) in [5, 5.41) is 5.09. The van der Waals surface area contributed by atoms with E-state index >= 15 is 0 Å². The van der Waals surface area contributed by atoms with Crippen molar-refractivity contribution in [3.63, 3.8) is 0 Å². The molecule has 76 valence electrons. The molecule has 0 saturated heterocycles. The normalized spacial score (nSPS) is 15.4. The van der Waals surface area contributed by atoms with Crippen molar-refractivity contribution in [3.8, 4) is 0 Å². The molecule has 1 aromatic heterocycles. The molecule has 1 heterocycles. The van der Waals surface area contributed by atoms with Crippen molar-refractivity contribution >= 4 is 17.3 Å². The summed E-state index contributed by atoms with van der Waals surface area (Å²) in [5.74, 6) is -0.162. The van der Waals surface area contributed by atoms with Gasteiger partial charge < -0.3 is 10.1 Å². The Morgan fingerprint density at radius 3 is 3.14 bits per heavy atom. The summed E-state index contributed by atoms with van der Waals surface area (Å²) in [7, 11) is 0. The highest BCUT2D eigenvalue weighted by atomic mass is 32.1. The predicted molar refractivity (Wildman–Crippen MR) is 55.1 cm³/mol. The molecule has 0 amide bonds. The Hall–Kier alpha value is -0.870. The number of nitrogens with one attached hydrogen (secondary N) is 1. The van der Waals surface area contributed by atoms with Gasteiger partial charge in [-0.2, -0.15) is 0 Å². The number of hydrogen-bond acceptors (Lipinski definition) is 4. The molecule has 1 saturated carbocycles. The molecule has 1 fully saturated rings. The largest absolute Gasteiger partial charge is 0.459 e. The lowest BCUT2D eigenvalue weighted by atomic mass is 10.5. The van der Waals surface area contributed by atoms with E-state index in [9.17, 15) is 4.79 Å². The lowest BCUT2D eigenvalue weighted by molar-refractivity contribution is -0.143. The van der Waals surface area contributed by atoms with Crippen molar-refractivity contribution in [2.75, 3.05) is 6.54 Å². The van der Waals surface area contributed by atoms with Crippen LogP contribution in [0.4, 0.5) is 0 Å². The van der Waals surface area contributed by atoms with Gasteiger partial charge in [-0.3, -0.25) is 4.79 Å². The number of carbonyl (C=O) groups excluding carboxylic acids is 1. The zero-order chi connectivity index (χ0) is 9.80. The van der Waals surface area contributed by atoms with Gasteiger partial charge in [0, 0.05) is 10.9 Å². The van der Waals surface area contributed by atoms with Crippen LogP contribution in [0.3, 0.4) is 0 Å². The molecule has 2 rings (SSSR count). The molecule has 1 aliphatic carbocycles. The Labute approximate surface area is 87.1 Å². The van der Waals surface area contributed by atoms with E-state index in [-0.39, 0.29) is 5.97 Å². The highest BCUT2D eigenvalue weighted by Crippen LogP contribution is 2.18. The van der Waals surface area contributed by atoms with E-state index in [1.807, 2.05) is 17.5 Å². The molecule has 0 aliphatic heterocycles. The Kier molecular flexibility index (Phi) is 3.16.